The summed E-state index contributed by atoms with van der Waals surface area (Å²) in [5, 5.41) is 4.78. The maximum absolute atomic E-state index is 15.0. The Labute approximate surface area is 214 Å². The smallest absolute Gasteiger partial charge is 0.266 e. The quantitative estimate of drug-likeness (QED) is 0.335. The lowest BCUT2D eigenvalue weighted by Crippen LogP contribution is -2.47. The summed E-state index contributed by atoms with van der Waals surface area (Å²) in [7, 11) is -4.44. The SMILES string of the molecule is CCN1CC(n2nccc2-c2cc(Cl)ccc2Oc2cc(F)c(S(=O)(=O)Nc3ncns3)cc2F)C1. The van der Waals surface area contributed by atoms with E-state index in [1.165, 1.54) is 6.07 Å². The molecule has 1 N–H and O–H groups in total. The lowest BCUT2D eigenvalue weighted by Gasteiger charge is -2.39. The van der Waals surface area contributed by atoms with E-state index in [1.807, 2.05) is 4.68 Å². The van der Waals surface area contributed by atoms with Crippen molar-refractivity contribution in [3.63, 3.8) is 0 Å². The molecule has 3 heterocycles. The van der Waals surface area contributed by atoms with E-state index in [-0.39, 0.29) is 16.9 Å². The van der Waals surface area contributed by atoms with Gasteiger partial charge in [-0.2, -0.15) is 9.47 Å². The number of likely N-dealkylation sites (N-methyl/N-ethyl adjacent to an activating group) is 1. The van der Waals surface area contributed by atoms with Gasteiger partial charge in [0.15, 0.2) is 11.6 Å². The van der Waals surface area contributed by atoms with Crippen LogP contribution in [0, 0.1) is 11.6 Å². The average Bonchev–Trinajstić information content (AvgIpc) is 3.48. The Morgan fingerprint density at radius 2 is 1.97 bits per heavy atom. The van der Waals surface area contributed by atoms with Gasteiger partial charge in [-0.3, -0.25) is 14.3 Å². The highest BCUT2D eigenvalue weighted by atomic mass is 35.5. The molecule has 2 aromatic carbocycles. The second-order valence-corrected chi connectivity index (χ2v) is 10.8. The van der Waals surface area contributed by atoms with Crippen LogP contribution in [-0.2, 0) is 10.0 Å². The molecule has 14 heteroatoms. The van der Waals surface area contributed by atoms with Crippen molar-refractivity contribution in [2.75, 3.05) is 24.4 Å². The number of hydrogen-bond acceptors (Lipinski definition) is 8. The predicted octanol–water partition coefficient (Wildman–Crippen LogP) is 4.80. The first kappa shape index (κ1) is 24.6. The Morgan fingerprint density at radius 3 is 2.69 bits per heavy atom. The number of benzene rings is 2. The third-order valence-corrected chi connectivity index (χ3v) is 8.00. The van der Waals surface area contributed by atoms with Crippen LogP contribution in [0.4, 0.5) is 13.9 Å². The van der Waals surface area contributed by atoms with Gasteiger partial charge in [0.25, 0.3) is 10.0 Å². The molecule has 1 saturated heterocycles. The third-order valence-electron chi connectivity index (χ3n) is 5.70. The molecular weight excluding hydrogens is 534 g/mol. The van der Waals surface area contributed by atoms with Gasteiger partial charge in [-0.25, -0.2) is 22.2 Å². The van der Waals surface area contributed by atoms with Gasteiger partial charge in [0, 0.05) is 53.5 Å². The number of ether oxygens (including phenoxy) is 1. The number of anilines is 1. The first-order chi connectivity index (χ1) is 17.2. The van der Waals surface area contributed by atoms with Crippen LogP contribution in [0.15, 0.2) is 53.8 Å². The number of hydrogen-bond donors (Lipinski definition) is 1. The number of nitrogens with zero attached hydrogens (tertiary/aromatic N) is 5. The van der Waals surface area contributed by atoms with Gasteiger partial charge < -0.3 is 4.74 Å². The number of rotatable bonds is 8. The molecule has 1 aliphatic rings. The van der Waals surface area contributed by atoms with Crippen LogP contribution in [0.5, 0.6) is 11.5 Å². The number of sulfonamides is 1. The summed E-state index contributed by atoms with van der Waals surface area (Å²) in [6.07, 6.45) is 2.79. The van der Waals surface area contributed by atoms with Crippen molar-refractivity contribution in [2.45, 2.75) is 17.9 Å². The highest BCUT2D eigenvalue weighted by molar-refractivity contribution is 7.93. The Morgan fingerprint density at radius 1 is 1.17 bits per heavy atom. The fourth-order valence-corrected chi connectivity index (χ4v) is 5.77. The molecule has 36 heavy (non-hydrogen) atoms. The zero-order valence-corrected chi connectivity index (χ0v) is 21.1. The number of aromatic nitrogens is 4. The lowest BCUT2D eigenvalue weighted by atomic mass is 10.1. The van der Waals surface area contributed by atoms with E-state index >= 15 is 0 Å². The Balaban J connectivity index is 1.46. The maximum Gasteiger partial charge on any atom is 0.266 e. The van der Waals surface area contributed by atoms with Crippen LogP contribution in [0.2, 0.25) is 5.02 Å². The summed E-state index contributed by atoms with van der Waals surface area (Å²) in [6, 6.07) is 7.93. The van der Waals surface area contributed by atoms with Crippen LogP contribution >= 0.6 is 23.1 Å². The van der Waals surface area contributed by atoms with Crippen molar-refractivity contribution >= 4 is 38.3 Å². The molecule has 2 aromatic heterocycles. The fraction of sp³-hybridized carbons (Fsp3) is 0.227. The lowest BCUT2D eigenvalue weighted by molar-refractivity contribution is 0.106. The molecular formula is C22H19ClF2N6O3S2. The van der Waals surface area contributed by atoms with Crippen molar-refractivity contribution in [1.29, 1.82) is 0 Å². The summed E-state index contributed by atoms with van der Waals surface area (Å²) in [4.78, 5) is 5.06. The van der Waals surface area contributed by atoms with E-state index in [1.54, 1.807) is 24.4 Å². The first-order valence-corrected chi connectivity index (χ1v) is 13.4. The van der Waals surface area contributed by atoms with Crippen molar-refractivity contribution in [1.82, 2.24) is 24.0 Å². The van der Waals surface area contributed by atoms with Crippen molar-refractivity contribution in [2.24, 2.45) is 0 Å². The minimum Gasteiger partial charge on any atom is -0.453 e. The molecule has 0 bridgehead atoms. The van der Waals surface area contributed by atoms with Gasteiger partial charge in [0.2, 0.25) is 5.13 Å². The first-order valence-electron chi connectivity index (χ1n) is 10.8. The second-order valence-electron chi connectivity index (χ2n) is 7.97. The van der Waals surface area contributed by atoms with E-state index in [0.717, 1.165) is 37.5 Å². The monoisotopic (exact) mass is 552 g/mol. The number of halogens is 3. The highest BCUT2D eigenvalue weighted by Crippen LogP contribution is 2.39. The van der Waals surface area contributed by atoms with Gasteiger partial charge in [0.05, 0.1) is 11.7 Å². The minimum absolute atomic E-state index is 0.0777. The normalized spacial score (nSPS) is 14.6. The molecule has 9 nitrogen and oxygen atoms in total. The minimum atomic E-state index is -4.44. The molecule has 0 amide bonds. The van der Waals surface area contributed by atoms with Crippen LogP contribution in [0.3, 0.4) is 0 Å². The Kier molecular flexibility index (Phi) is 6.64. The van der Waals surface area contributed by atoms with Gasteiger partial charge >= 0.3 is 0 Å². The molecule has 0 radical (unpaired) electrons. The average molecular weight is 553 g/mol. The number of nitrogens with one attached hydrogen (secondary N) is 1. The predicted molar refractivity (Wildman–Crippen MR) is 131 cm³/mol. The number of likely N-dealkylation sites (tertiary alicyclic amines) is 1. The molecule has 1 aliphatic heterocycles. The van der Waals surface area contributed by atoms with Gasteiger partial charge in [-0.1, -0.05) is 18.5 Å². The largest absolute Gasteiger partial charge is 0.453 e. The van der Waals surface area contributed by atoms with E-state index in [9.17, 15) is 17.2 Å². The molecule has 0 saturated carbocycles. The Hall–Kier alpha value is -3.13. The van der Waals surface area contributed by atoms with E-state index in [2.05, 4.69) is 31.0 Å². The second kappa shape index (κ2) is 9.73. The highest BCUT2D eigenvalue weighted by Gasteiger charge is 2.30. The molecule has 0 aliphatic carbocycles. The van der Waals surface area contributed by atoms with Crippen LogP contribution in [0.25, 0.3) is 11.3 Å². The van der Waals surface area contributed by atoms with Gasteiger partial charge in [-0.05, 0) is 30.8 Å². The topological polar surface area (TPSA) is 102 Å². The molecule has 1 fully saturated rings. The molecule has 5 rings (SSSR count). The summed E-state index contributed by atoms with van der Waals surface area (Å²) in [6.45, 7) is 4.69. The summed E-state index contributed by atoms with van der Waals surface area (Å²) in [5.74, 6) is -2.55. The molecule has 0 atom stereocenters. The Bertz CT molecular complexity index is 1510. The fourth-order valence-electron chi connectivity index (χ4n) is 3.87. The molecule has 188 valence electrons. The van der Waals surface area contributed by atoms with E-state index in [4.69, 9.17) is 16.3 Å². The zero-order valence-electron chi connectivity index (χ0n) is 18.7. The van der Waals surface area contributed by atoms with Gasteiger partial charge in [0.1, 0.15) is 22.8 Å². The molecule has 4 aromatic rings. The van der Waals surface area contributed by atoms with E-state index in [0.29, 0.717) is 28.4 Å². The van der Waals surface area contributed by atoms with Crippen molar-refractivity contribution in [3.05, 3.63) is 65.6 Å². The summed E-state index contributed by atoms with van der Waals surface area (Å²) < 4.78 is 68.2. The van der Waals surface area contributed by atoms with Crippen LogP contribution in [-0.4, -0.2) is 52.1 Å². The third kappa shape index (κ3) is 4.78. The molecule has 0 unspecified atom stereocenters. The van der Waals surface area contributed by atoms with Crippen molar-refractivity contribution in [3.8, 4) is 22.8 Å². The standard InChI is InChI=1S/C22H19ClF2N6O3S2/c1-2-30-10-14(11-30)31-18(5-6-27-31)15-7-13(23)3-4-19(15)34-20-8-17(25)21(9-16(20)24)36(32,33)29-22-26-12-28-35-22/h3-9,12,14H,2,10-11H2,1H3,(H,26,28,29). The van der Waals surface area contributed by atoms with Crippen molar-refractivity contribution < 1.29 is 21.9 Å². The van der Waals surface area contributed by atoms with Crippen LogP contribution in [0.1, 0.15) is 13.0 Å². The molecule has 0 spiro atoms. The van der Waals surface area contributed by atoms with Crippen LogP contribution < -0.4 is 9.46 Å². The maximum atomic E-state index is 15.0. The summed E-state index contributed by atoms with van der Waals surface area (Å²) >= 11 is 7.00. The van der Waals surface area contributed by atoms with Gasteiger partial charge in [-0.15, -0.1) is 0 Å². The zero-order chi connectivity index (χ0) is 25.4. The van der Waals surface area contributed by atoms with E-state index < -0.39 is 32.3 Å². The summed E-state index contributed by atoms with van der Waals surface area (Å²) in [5.41, 5.74) is 1.24.